The number of carbonyl (C=O) groups excluding carboxylic acids is 1. The molecule has 0 saturated carbocycles. The number of rotatable bonds is 6. The van der Waals surface area contributed by atoms with Crippen molar-refractivity contribution in [1.82, 2.24) is 16.0 Å². The minimum atomic E-state index is -0.0657. The van der Waals surface area contributed by atoms with Crippen molar-refractivity contribution in [2.24, 2.45) is 4.99 Å². The number of allylic oxidation sites excluding steroid dienone is 1. The molecule has 0 unspecified atom stereocenters. The van der Waals surface area contributed by atoms with Crippen LogP contribution in [-0.2, 0) is 6.54 Å². The van der Waals surface area contributed by atoms with E-state index in [-0.39, 0.29) is 29.9 Å². The highest BCUT2D eigenvalue weighted by Gasteiger charge is 2.05. The van der Waals surface area contributed by atoms with E-state index in [0.717, 1.165) is 24.5 Å². The highest BCUT2D eigenvalue weighted by atomic mass is 127. The molecule has 0 bridgehead atoms. The van der Waals surface area contributed by atoms with E-state index in [4.69, 9.17) is 0 Å². The molecule has 25 heavy (non-hydrogen) atoms. The summed E-state index contributed by atoms with van der Waals surface area (Å²) in [6.07, 6.45) is 8.60. The highest BCUT2D eigenvalue weighted by molar-refractivity contribution is 14.0. The fourth-order valence-corrected chi connectivity index (χ4v) is 2.80. The number of benzene rings is 1. The molecule has 1 aromatic rings. The van der Waals surface area contributed by atoms with Crippen LogP contribution >= 0.6 is 24.0 Å². The van der Waals surface area contributed by atoms with Crippen LogP contribution in [0.3, 0.4) is 0 Å². The highest BCUT2D eigenvalue weighted by Crippen LogP contribution is 2.19. The molecule has 0 fully saturated rings. The van der Waals surface area contributed by atoms with Gasteiger partial charge in [0.05, 0.1) is 0 Å². The van der Waals surface area contributed by atoms with Crippen LogP contribution in [0.15, 0.2) is 40.9 Å². The van der Waals surface area contributed by atoms with Gasteiger partial charge in [0, 0.05) is 32.7 Å². The van der Waals surface area contributed by atoms with Crippen LogP contribution in [0.2, 0.25) is 0 Å². The predicted octanol–water partition coefficient (Wildman–Crippen LogP) is 3.22. The molecule has 2 rings (SSSR count). The maximum Gasteiger partial charge on any atom is 0.251 e. The molecular weight excluding hydrogens is 427 g/mol. The first-order chi connectivity index (χ1) is 11.7. The standard InChI is InChI=1S/C19H28N4O.HI/c1-20-18(24)17-10-8-16(9-11-17)14-23-19(21-2)22-13-12-15-6-4-3-5-7-15;/h6,8-11H,3-5,7,12-14H2,1-2H3,(H,20,24)(H2,21,22,23);1H. The number of aliphatic imine (C=N–C) groups is 1. The molecule has 6 heteroatoms. The van der Waals surface area contributed by atoms with Crippen LogP contribution in [0.4, 0.5) is 0 Å². The lowest BCUT2D eigenvalue weighted by Crippen LogP contribution is -2.37. The summed E-state index contributed by atoms with van der Waals surface area (Å²) in [5.41, 5.74) is 3.35. The van der Waals surface area contributed by atoms with Crippen molar-refractivity contribution in [3.8, 4) is 0 Å². The van der Waals surface area contributed by atoms with Crippen LogP contribution in [-0.4, -0.2) is 32.5 Å². The number of nitrogens with zero attached hydrogens (tertiary/aromatic N) is 1. The number of halogens is 1. The van der Waals surface area contributed by atoms with Crippen molar-refractivity contribution < 1.29 is 4.79 Å². The number of guanidine groups is 1. The van der Waals surface area contributed by atoms with Crippen LogP contribution in [0, 0.1) is 0 Å². The Morgan fingerprint density at radius 3 is 2.52 bits per heavy atom. The first kappa shape index (κ1) is 21.5. The first-order valence-electron chi connectivity index (χ1n) is 8.66. The van der Waals surface area contributed by atoms with Crippen molar-refractivity contribution in [1.29, 1.82) is 0 Å². The van der Waals surface area contributed by atoms with Crippen molar-refractivity contribution in [3.05, 3.63) is 47.0 Å². The molecule has 0 aromatic heterocycles. The number of hydrogen-bond donors (Lipinski definition) is 3. The minimum Gasteiger partial charge on any atom is -0.356 e. The van der Waals surface area contributed by atoms with Gasteiger partial charge in [0.25, 0.3) is 5.91 Å². The molecule has 0 radical (unpaired) electrons. The van der Waals surface area contributed by atoms with E-state index in [2.05, 4.69) is 27.0 Å². The van der Waals surface area contributed by atoms with E-state index in [9.17, 15) is 4.79 Å². The lowest BCUT2D eigenvalue weighted by Gasteiger charge is -2.15. The Kier molecular flexibility index (Phi) is 10.2. The predicted molar refractivity (Wildman–Crippen MR) is 115 cm³/mol. The second-order valence-electron chi connectivity index (χ2n) is 5.99. The molecule has 3 N–H and O–H groups in total. The summed E-state index contributed by atoms with van der Waals surface area (Å²) in [5, 5.41) is 9.29. The second kappa shape index (κ2) is 11.9. The quantitative estimate of drug-likeness (QED) is 0.267. The Morgan fingerprint density at radius 2 is 1.92 bits per heavy atom. The fourth-order valence-electron chi connectivity index (χ4n) is 2.80. The van der Waals surface area contributed by atoms with Crippen molar-refractivity contribution in [2.45, 2.75) is 38.6 Å². The zero-order chi connectivity index (χ0) is 17.2. The smallest absolute Gasteiger partial charge is 0.251 e. The normalized spacial score (nSPS) is 14.2. The van der Waals surface area contributed by atoms with Gasteiger partial charge in [-0.3, -0.25) is 9.79 Å². The molecule has 5 nitrogen and oxygen atoms in total. The van der Waals surface area contributed by atoms with Gasteiger partial charge in [-0.25, -0.2) is 0 Å². The largest absolute Gasteiger partial charge is 0.356 e. The third kappa shape index (κ3) is 7.46. The molecule has 0 aliphatic heterocycles. The van der Waals surface area contributed by atoms with Crippen LogP contribution in [0.1, 0.15) is 48.0 Å². The number of nitrogens with one attached hydrogen (secondary N) is 3. The van der Waals surface area contributed by atoms with Crippen LogP contribution in [0.5, 0.6) is 0 Å². The number of carbonyl (C=O) groups is 1. The van der Waals surface area contributed by atoms with Crippen molar-refractivity contribution in [3.63, 3.8) is 0 Å². The number of amides is 1. The van der Waals surface area contributed by atoms with E-state index in [1.165, 1.54) is 25.7 Å². The Morgan fingerprint density at radius 1 is 1.16 bits per heavy atom. The van der Waals surface area contributed by atoms with E-state index < -0.39 is 0 Å². The minimum absolute atomic E-state index is 0. The van der Waals surface area contributed by atoms with Gasteiger partial charge in [-0.05, 0) is 49.8 Å². The Balaban J connectivity index is 0.00000312. The maximum atomic E-state index is 11.5. The molecule has 138 valence electrons. The topological polar surface area (TPSA) is 65.5 Å². The molecule has 0 spiro atoms. The molecule has 0 heterocycles. The Hall–Kier alpha value is -1.57. The average molecular weight is 456 g/mol. The van der Waals surface area contributed by atoms with Crippen molar-refractivity contribution >= 4 is 35.8 Å². The molecule has 0 atom stereocenters. The summed E-state index contributed by atoms with van der Waals surface area (Å²) in [4.78, 5) is 15.8. The lowest BCUT2D eigenvalue weighted by molar-refractivity contribution is 0.0963. The zero-order valence-corrected chi connectivity index (χ0v) is 17.4. The van der Waals surface area contributed by atoms with Gasteiger partial charge < -0.3 is 16.0 Å². The summed E-state index contributed by atoms with van der Waals surface area (Å²) in [6, 6.07) is 7.58. The SMILES string of the molecule is CN=C(NCCC1=CCCCC1)NCc1ccc(C(=O)NC)cc1.I. The molecule has 1 amide bonds. The monoisotopic (exact) mass is 456 g/mol. The van der Waals surface area contributed by atoms with Crippen LogP contribution < -0.4 is 16.0 Å². The summed E-state index contributed by atoms with van der Waals surface area (Å²) in [5.74, 6) is 0.741. The third-order valence-electron chi connectivity index (χ3n) is 4.25. The summed E-state index contributed by atoms with van der Waals surface area (Å²) in [7, 11) is 3.42. The van der Waals surface area contributed by atoms with E-state index in [1.54, 1.807) is 19.7 Å². The first-order valence-corrected chi connectivity index (χ1v) is 8.66. The summed E-state index contributed by atoms with van der Waals surface area (Å²) >= 11 is 0. The fraction of sp³-hybridized carbons (Fsp3) is 0.474. The summed E-state index contributed by atoms with van der Waals surface area (Å²) < 4.78 is 0. The Bertz CT molecular complexity index is 596. The number of hydrogen-bond acceptors (Lipinski definition) is 2. The summed E-state index contributed by atoms with van der Waals surface area (Å²) in [6.45, 7) is 1.58. The molecule has 1 aromatic carbocycles. The van der Waals surface area contributed by atoms with E-state index in [1.807, 2.05) is 24.3 Å². The average Bonchev–Trinajstić information content (AvgIpc) is 2.65. The Labute approximate surface area is 167 Å². The zero-order valence-electron chi connectivity index (χ0n) is 15.1. The van der Waals surface area contributed by atoms with Gasteiger partial charge in [-0.2, -0.15) is 0 Å². The van der Waals surface area contributed by atoms with Gasteiger partial charge in [-0.1, -0.05) is 23.8 Å². The molecule has 1 aliphatic rings. The second-order valence-corrected chi connectivity index (χ2v) is 5.99. The van der Waals surface area contributed by atoms with Gasteiger partial charge >= 0.3 is 0 Å². The van der Waals surface area contributed by atoms with E-state index >= 15 is 0 Å². The maximum absolute atomic E-state index is 11.5. The molecule has 1 aliphatic carbocycles. The van der Waals surface area contributed by atoms with Crippen molar-refractivity contribution in [2.75, 3.05) is 20.6 Å². The van der Waals surface area contributed by atoms with Gasteiger partial charge in [0.1, 0.15) is 0 Å². The van der Waals surface area contributed by atoms with Gasteiger partial charge in [0.15, 0.2) is 5.96 Å². The molecular formula is C19H29IN4O. The third-order valence-corrected chi connectivity index (χ3v) is 4.25. The van der Waals surface area contributed by atoms with E-state index in [0.29, 0.717) is 12.1 Å². The lowest BCUT2D eigenvalue weighted by atomic mass is 9.97. The van der Waals surface area contributed by atoms with Gasteiger partial charge in [-0.15, -0.1) is 24.0 Å². The van der Waals surface area contributed by atoms with Gasteiger partial charge in [0.2, 0.25) is 0 Å². The molecule has 0 saturated heterocycles. The van der Waals surface area contributed by atoms with Crippen LogP contribution in [0.25, 0.3) is 0 Å².